The molecular formula is C18H19N3O5S. The van der Waals surface area contributed by atoms with E-state index in [1.807, 2.05) is 6.92 Å². The molecule has 8 nitrogen and oxygen atoms in total. The van der Waals surface area contributed by atoms with Crippen LogP contribution in [0.4, 0.5) is 11.4 Å². The van der Waals surface area contributed by atoms with Crippen molar-refractivity contribution in [2.45, 2.75) is 6.92 Å². The van der Waals surface area contributed by atoms with E-state index in [4.69, 9.17) is 21.7 Å². The Labute approximate surface area is 161 Å². The van der Waals surface area contributed by atoms with E-state index in [0.29, 0.717) is 31.3 Å². The van der Waals surface area contributed by atoms with Crippen molar-refractivity contribution in [3.63, 3.8) is 0 Å². The molecule has 0 atom stereocenters. The summed E-state index contributed by atoms with van der Waals surface area (Å²) in [6.45, 7) is 3.54. The minimum atomic E-state index is -0.564. The summed E-state index contributed by atoms with van der Waals surface area (Å²) in [5.74, 6) is 0.152. The Balaban J connectivity index is 1.87. The monoisotopic (exact) mass is 389 g/mol. The Hall–Kier alpha value is -3.04. The average Bonchev–Trinajstić information content (AvgIpc) is 2.66. The van der Waals surface area contributed by atoms with Gasteiger partial charge in [0.1, 0.15) is 12.4 Å². The van der Waals surface area contributed by atoms with Crippen molar-refractivity contribution >= 4 is 34.6 Å². The van der Waals surface area contributed by atoms with Crippen molar-refractivity contribution in [2.75, 3.05) is 25.1 Å². The number of ether oxygens (including phenoxy) is 2. The molecule has 0 spiro atoms. The number of carbonyl (C=O) groups is 1. The summed E-state index contributed by atoms with van der Waals surface area (Å²) in [6.07, 6.45) is 0. The van der Waals surface area contributed by atoms with Gasteiger partial charge in [0.05, 0.1) is 11.5 Å². The molecule has 2 aromatic rings. The van der Waals surface area contributed by atoms with Crippen LogP contribution in [0.2, 0.25) is 0 Å². The molecule has 2 rings (SSSR count). The number of rotatable bonds is 8. The first-order valence-electron chi connectivity index (χ1n) is 8.17. The predicted molar refractivity (Wildman–Crippen MR) is 105 cm³/mol. The van der Waals surface area contributed by atoms with Crippen LogP contribution in [-0.4, -0.2) is 35.8 Å². The molecule has 0 heterocycles. The van der Waals surface area contributed by atoms with Crippen molar-refractivity contribution in [2.24, 2.45) is 0 Å². The van der Waals surface area contributed by atoms with Gasteiger partial charge < -0.3 is 14.8 Å². The molecule has 0 unspecified atom stereocenters. The number of carbonyl (C=O) groups excluding carboxylic acids is 1. The highest BCUT2D eigenvalue weighted by atomic mass is 32.1. The zero-order valence-electron chi connectivity index (χ0n) is 14.6. The first-order valence-corrected chi connectivity index (χ1v) is 8.58. The maximum absolute atomic E-state index is 12.2. The number of benzene rings is 2. The minimum absolute atomic E-state index is 0.0801. The molecule has 0 saturated heterocycles. The second kappa shape index (κ2) is 10.2. The topological polar surface area (TPSA) is 103 Å². The molecular weight excluding hydrogens is 370 g/mol. The molecule has 1 amide bonds. The van der Waals surface area contributed by atoms with Crippen LogP contribution in [0.5, 0.6) is 5.75 Å². The van der Waals surface area contributed by atoms with E-state index in [-0.39, 0.29) is 16.4 Å². The summed E-state index contributed by atoms with van der Waals surface area (Å²) >= 11 is 5.10. The second-order valence-electron chi connectivity index (χ2n) is 5.29. The van der Waals surface area contributed by atoms with Crippen LogP contribution in [-0.2, 0) is 4.74 Å². The molecule has 2 N–H and O–H groups in total. The van der Waals surface area contributed by atoms with Gasteiger partial charge in [0.2, 0.25) is 0 Å². The molecule has 0 aliphatic carbocycles. The maximum Gasteiger partial charge on any atom is 0.270 e. The van der Waals surface area contributed by atoms with Crippen LogP contribution in [0.25, 0.3) is 0 Å². The van der Waals surface area contributed by atoms with Crippen molar-refractivity contribution in [1.29, 1.82) is 0 Å². The Kier molecular flexibility index (Phi) is 7.65. The molecule has 142 valence electrons. The zero-order chi connectivity index (χ0) is 19.6. The number of nitro benzene ring substituents is 1. The van der Waals surface area contributed by atoms with E-state index in [1.54, 1.807) is 24.3 Å². The van der Waals surface area contributed by atoms with Crippen LogP contribution in [0.15, 0.2) is 48.5 Å². The summed E-state index contributed by atoms with van der Waals surface area (Å²) in [5.41, 5.74) is 0.643. The summed E-state index contributed by atoms with van der Waals surface area (Å²) in [4.78, 5) is 22.4. The average molecular weight is 389 g/mol. The predicted octanol–water partition coefficient (Wildman–Crippen LogP) is 3.14. The molecule has 0 aliphatic rings. The highest BCUT2D eigenvalue weighted by Crippen LogP contribution is 2.16. The van der Waals surface area contributed by atoms with Gasteiger partial charge in [-0.15, -0.1) is 0 Å². The molecule has 0 aromatic heterocycles. The van der Waals surface area contributed by atoms with Crippen molar-refractivity contribution in [3.05, 3.63) is 64.2 Å². The van der Waals surface area contributed by atoms with Gasteiger partial charge in [-0.25, -0.2) is 0 Å². The van der Waals surface area contributed by atoms with Gasteiger partial charge in [-0.1, -0.05) is 6.07 Å². The first-order chi connectivity index (χ1) is 13.0. The van der Waals surface area contributed by atoms with Crippen molar-refractivity contribution in [1.82, 2.24) is 5.32 Å². The quantitative estimate of drug-likeness (QED) is 0.309. The second-order valence-corrected chi connectivity index (χ2v) is 5.69. The van der Waals surface area contributed by atoms with Gasteiger partial charge in [0.15, 0.2) is 5.11 Å². The molecule has 0 aliphatic heterocycles. The van der Waals surface area contributed by atoms with Crippen LogP contribution < -0.4 is 15.4 Å². The van der Waals surface area contributed by atoms with Crippen molar-refractivity contribution < 1.29 is 19.2 Å². The number of amides is 1. The van der Waals surface area contributed by atoms with Gasteiger partial charge in [0.25, 0.3) is 11.6 Å². The number of nitrogens with zero attached hydrogens (tertiary/aromatic N) is 1. The lowest BCUT2D eigenvalue weighted by Gasteiger charge is -2.11. The lowest BCUT2D eigenvalue weighted by Crippen LogP contribution is -2.34. The first kappa shape index (κ1) is 20.3. The van der Waals surface area contributed by atoms with Gasteiger partial charge in [-0.05, 0) is 49.5 Å². The molecule has 0 saturated carbocycles. The van der Waals surface area contributed by atoms with Gasteiger partial charge in [0, 0.05) is 30.0 Å². The van der Waals surface area contributed by atoms with Gasteiger partial charge in [-0.2, -0.15) is 0 Å². The number of hydrogen-bond donors (Lipinski definition) is 2. The Bertz CT molecular complexity index is 811. The normalized spacial score (nSPS) is 10.1. The number of non-ortho nitro benzene ring substituents is 1. The van der Waals surface area contributed by atoms with Gasteiger partial charge in [-0.3, -0.25) is 20.2 Å². The number of thiocarbonyl (C=S) groups is 1. The van der Waals surface area contributed by atoms with Crippen LogP contribution in [0.3, 0.4) is 0 Å². The third kappa shape index (κ3) is 6.65. The van der Waals surface area contributed by atoms with Gasteiger partial charge >= 0.3 is 0 Å². The smallest absolute Gasteiger partial charge is 0.270 e. The SMILES string of the molecule is CCOCCOc1ccc(NC(=S)NC(=O)c2cccc([N+](=O)[O-])c2)cc1. The lowest BCUT2D eigenvalue weighted by atomic mass is 10.2. The standard InChI is InChI=1S/C18H19N3O5S/c1-2-25-10-11-26-16-8-6-14(7-9-16)19-18(27)20-17(22)13-4-3-5-15(12-13)21(23)24/h3-9,12H,2,10-11H2,1H3,(H2,19,20,22,27). The fourth-order valence-corrected chi connectivity index (χ4v) is 2.31. The zero-order valence-corrected chi connectivity index (χ0v) is 15.5. The number of hydrogen-bond acceptors (Lipinski definition) is 6. The lowest BCUT2D eigenvalue weighted by molar-refractivity contribution is -0.384. The fraction of sp³-hybridized carbons (Fsp3) is 0.222. The van der Waals surface area contributed by atoms with E-state index in [9.17, 15) is 14.9 Å². The third-order valence-electron chi connectivity index (χ3n) is 3.36. The summed E-state index contributed by atoms with van der Waals surface area (Å²) in [5, 5.41) is 16.2. The number of anilines is 1. The van der Waals surface area contributed by atoms with Crippen molar-refractivity contribution in [3.8, 4) is 5.75 Å². The Morgan fingerprint density at radius 2 is 1.93 bits per heavy atom. The summed E-state index contributed by atoms with van der Waals surface area (Å²) in [7, 11) is 0. The molecule has 27 heavy (non-hydrogen) atoms. The van der Waals surface area contributed by atoms with Crippen LogP contribution in [0.1, 0.15) is 17.3 Å². The Morgan fingerprint density at radius 1 is 1.19 bits per heavy atom. The van der Waals surface area contributed by atoms with E-state index < -0.39 is 10.8 Å². The van der Waals surface area contributed by atoms with Crippen LogP contribution >= 0.6 is 12.2 Å². The maximum atomic E-state index is 12.2. The van der Waals surface area contributed by atoms with E-state index in [0.717, 1.165) is 0 Å². The van der Waals surface area contributed by atoms with E-state index in [2.05, 4.69) is 10.6 Å². The number of nitrogens with one attached hydrogen (secondary N) is 2. The molecule has 0 fully saturated rings. The van der Waals surface area contributed by atoms with E-state index >= 15 is 0 Å². The molecule has 9 heteroatoms. The van der Waals surface area contributed by atoms with E-state index in [1.165, 1.54) is 24.3 Å². The molecule has 0 radical (unpaired) electrons. The highest BCUT2D eigenvalue weighted by molar-refractivity contribution is 7.80. The largest absolute Gasteiger partial charge is 0.491 e. The highest BCUT2D eigenvalue weighted by Gasteiger charge is 2.12. The third-order valence-corrected chi connectivity index (χ3v) is 3.56. The summed E-state index contributed by atoms with van der Waals surface area (Å²) < 4.78 is 10.7. The summed E-state index contributed by atoms with van der Waals surface area (Å²) in [6, 6.07) is 12.4. The molecule has 0 bridgehead atoms. The minimum Gasteiger partial charge on any atom is -0.491 e. The van der Waals surface area contributed by atoms with Crippen LogP contribution in [0, 0.1) is 10.1 Å². The Morgan fingerprint density at radius 3 is 2.59 bits per heavy atom. The molecule has 2 aromatic carbocycles. The number of nitro groups is 1. The fourth-order valence-electron chi connectivity index (χ4n) is 2.10.